The van der Waals surface area contributed by atoms with E-state index in [1.54, 1.807) is 7.11 Å². The maximum Gasteiger partial charge on any atom is 0.118 e. The zero-order valence-electron chi connectivity index (χ0n) is 27.1. The average molecular weight is 653 g/mol. The molecule has 5 heteroatoms. The lowest BCUT2D eigenvalue weighted by Crippen LogP contribution is -1.97. The molecule has 0 radical (unpaired) electrons. The van der Waals surface area contributed by atoms with Crippen molar-refractivity contribution in [2.24, 2.45) is 0 Å². The predicted octanol–water partition coefficient (Wildman–Crippen LogP) is 10.9. The molecular formula is C44H32N2O2S. The predicted molar refractivity (Wildman–Crippen MR) is 201 cm³/mol. The van der Waals surface area contributed by atoms with Crippen molar-refractivity contribution >= 4 is 32.6 Å². The number of pyridine rings is 2. The average Bonchev–Trinajstić information content (AvgIpc) is 3.17. The van der Waals surface area contributed by atoms with Crippen LogP contribution < -0.4 is 4.74 Å². The first kappa shape index (κ1) is 30.4. The molecule has 0 bridgehead atoms. The van der Waals surface area contributed by atoms with Gasteiger partial charge in [0.05, 0.1) is 40.3 Å². The van der Waals surface area contributed by atoms with Crippen LogP contribution in [0, 0.1) is 6.92 Å². The van der Waals surface area contributed by atoms with Gasteiger partial charge in [-0.3, -0.25) is 0 Å². The number of hydrogen-bond donors (Lipinski definition) is 0. The van der Waals surface area contributed by atoms with Gasteiger partial charge in [0.2, 0.25) is 0 Å². The van der Waals surface area contributed by atoms with Crippen molar-refractivity contribution in [2.75, 3.05) is 7.11 Å². The van der Waals surface area contributed by atoms with Crippen LogP contribution in [0.1, 0.15) is 5.56 Å². The van der Waals surface area contributed by atoms with Crippen molar-refractivity contribution < 1.29 is 8.95 Å². The van der Waals surface area contributed by atoms with Gasteiger partial charge in [-0.2, -0.15) is 0 Å². The Bertz CT molecular complexity index is 2480. The highest BCUT2D eigenvalue weighted by Gasteiger charge is 2.16. The Morgan fingerprint density at radius 2 is 0.939 bits per heavy atom. The second kappa shape index (κ2) is 12.9. The monoisotopic (exact) mass is 652 g/mol. The van der Waals surface area contributed by atoms with Crippen LogP contribution in [-0.4, -0.2) is 21.3 Å². The summed E-state index contributed by atoms with van der Waals surface area (Å²) in [5.41, 5.74) is 11.0. The van der Waals surface area contributed by atoms with Crippen LogP contribution in [0.25, 0.3) is 66.6 Å². The van der Waals surface area contributed by atoms with Crippen molar-refractivity contribution in [3.8, 4) is 50.5 Å². The molecule has 6 aromatic carbocycles. The smallest absolute Gasteiger partial charge is 0.118 e. The maximum absolute atomic E-state index is 14.4. The van der Waals surface area contributed by atoms with Crippen LogP contribution in [-0.2, 0) is 10.8 Å². The summed E-state index contributed by atoms with van der Waals surface area (Å²) in [6, 6.07) is 53.1. The molecule has 0 amide bonds. The van der Waals surface area contributed by atoms with Crippen molar-refractivity contribution in [1.82, 2.24) is 9.97 Å². The van der Waals surface area contributed by atoms with E-state index in [0.717, 1.165) is 77.2 Å². The fraction of sp³-hybridized carbons (Fsp3) is 0.0455. The Hall–Kier alpha value is -5.91. The van der Waals surface area contributed by atoms with E-state index in [2.05, 4.69) is 67.6 Å². The Labute approximate surface area is 288 Å². The lowest BCUT2D eigenvalue weighted by molar-refractivity contribution is 0.415. The van der Waals surface area contributed by atoms with Crippen LogP contribution >= 0.6 is 0 Å². The van der Waals surface area contributed by atoms with Crippen LogP contribution in [0.15, 0.2) is 168 Å². The topological polar surface area (TPSA) is 52.1 Å². The summed E-state index contributed by atoms with van der Waals surface area (Å²) in [6.45, 7) is 2.09. The van der Waals surface area contributed by atoms with E-state index in [0.29, 0.717) is 4.90 Å². The summed E-state index contributed by atoms with van der Waals surface area (Å²) in [7, 11) is 0.218. The first-order chi connectivity index (χ1) is 24.0. The minimum absolute atomic E-state index is 0.716. The largest absolute Gasteiger partial charge is 0.497 e. The van der Waals surface area contributed by atoms with E-state index < -0.39 is 10.8 Å². The molecule has 49 heavy (non-hydrogen) atoms. The molecule has 8 rings (SSSR count). The quantitative estimate of drug-likeness (QED) is 0.172. The summed E-state index contributed by atoms with van der Waals surface area (Å²) < 4.78 is 19.7. The fourth-order valence-corrected chi connectivity index (χ4v) is 7.38. The highest BCUT2D eigenvalue weighted by atomic mass is 32.2. The van der Waals surface area contributed by atoms with E-state index >= 15 is 0 Å². The summed E-state index contributed by atoms with van der Waals surface area (Å²) in [4.78, 5) is 11.5. The molecule has 0 aliphatic heterocycles. The van der Waals surface area contributed by atoms with E-state index in [-0.39, 0.29) is 0 Å². The van der Waals surface area contributed by atoms with Crippen LogP contribution in [0.4, 0.5) is 0 Å². The molecule has 2 heterocycles. The minimum Gasteiger partial charge on any atom is -0.497 e. The van der Waals surface area contributed by atoms with Gasteiger partial charge in [0.15, 0.2) is 0 Å². The number of aryl methyl sites for hydroxylation is 1. The fourth-order valence-electron chi connectivity index (χ4n) is 6.27. The number of methoxy groups -OCH3 is 1. The standard InChI is InChI=1S/C44H32N2O2S/c1-29-13-15-32(16-14-29)43-27-37(30-9-5-3-6-10-30)39-25-35(21-23-41(39)45-43)49(47)36-22-24-42-40(26-36)38(31-11-7-4-8-12-31)28-44(46-42)33-17-19-34(48-2)20-18-33/h3-28H,1-2H3. The highest BCUT2D eigenvalue weighted by molar-refractivity contribution is 7.85. The van der Waals surface area contributed by atoms with Gasteiger partial charge in [0, 0.05) is 31.7 Å². The Balaban J connectivity index is 1.24. The Morgan fingerprint density at radius 1 is 0.490 bits per heavy atom. The number of aromatic nitrogens is 2. The molecule has 0 aliphatic carbocycles. The Morgan fingerprint density at radius 3 is 1.39 bits per heavy atom. The maximum atomic E-state index is 14.4. The van der Waals surface area contributed by atoms with Gasteiger partial charge < -0.3 is 4.74 Å². The van der Waals surface area contributed by atoms with Crippen molar-refractivity contribution in [1.29, 1.82) is 0 Å². The van der Waals surface area contributed by atoms with Gasteiger partial charge in [0.25, 0.3) is 0 Å². The van der Waals surface area contributed by atoms with Gasteiger partial charge in [-0.05, 0) is 102 Å². The van der Waals surface area contributed by atoms with E-state index in [1.165, 1.54) is 5.56 Å². The normalized spacial score (nSPS) is 11.9. The van der Waals surface area contributed by atoms with Crippen LogP contribution in [0.3, 0.4) is 0 Å². The molecule has 0 saturated heterocycles. The van der Waals surface area contributed by atoms with Crippen molar-refractivity contribution in [3.63, 3.8) is 0 Å². The number of ether oxygens (including phenoxy) is 1. The first-order valence-electron chi connectivity index (χ1n) is 16.2. The van der Waals surface area contributed by atoms with E-state index in [1.807, 2.05) is 97.1 Å². The lowest BCUT2D eigenvalue weighted by atomic mass is 9.98. The molecule has 0 N–H and O–H groups in total. The molecule has 1 atom stereocenters. The number of hydrogen-bond acceptors (Lipinski definition) is 4. The summed E-state index contributed by atoms with van der Waals surface area (Å²) in [5.74, 6) is 0.798. The molecule has 236 valence electrons. The van der Waals surface area contributed by atoms with Crippen molar-refractivity contribution in [2.45, 2.75) is 16.7 Å². The molecule has 0 saturated carbocycles. The number of rotatable bonds is 7. The molecule has 2 aromatic heterocycles. The number of benzene rings is 6. The van der Waals surface area contributed by atoms with Gasteiger partial charge in [-0.25, -0.2) is 14.2 Å². The molecule has 0 fully saturated rings. The van der Waals surface area contributed by atoms with E-state index in [4.69, 9.17) is 14.7 Å². The van der Waals surface area contributed by atoms with Crippen molar-refractivity contribution in [3.05, 3.63) is 163 Å². The molecular weight excluding hydrogens is 621 g/mol. The summed E-state index contributed by atoms with van der Waals surface area (Å²) in [5, 5.41) is 1.91. The highest BCUT2D eigenvalue weighted by Crippen LogP contribution is 2.36. The molecule has 4 nitrogen and oxygen atoms in total. The SMILES string of the molecule is COc1ccc(-c2cc(-c3ccccc3)c3cc(S(=O)c4ccc5nc(-c6ccc(C)cc6)cc(-c6ccccc6)c5c4)ccc3n2)cc1. The molecule has 0 spiro atoms. The molecule has 8 aromatic rings. The first-order valence-corrected chi connectivity index (χ1v) is 17.3. The third kappa shape index (κ3) is 6.01. The third-order valence-corrected chi connectivity index (χ3v) is 10.3. The lowest BCUT2D eigenvalue weighted by Gasteiger charge is -2.14. The third-order valence-electron chi connectivity index (χ3n) is 8.89. The number of fused-ring (bicyclic) bond motifs is 2. The van der Waals surface area contributed by atoms with Gasteiger partial charge in [-0.1, -0.05) is 90.5 Å². The number of nitrogens with zero attached hydrogens (tertiary/aromatic N) is 2. The van der Waals surface area contributed by atoms with Gasteiger partial charge >= 0.3 is 0 Å². The van der Waals surface area contributed by atoms with Crippen LogP contribution in [0.2, 0.25) is 0 Å². The minimum atomic E-state index is -1.45. The van der Waals surface area contributed by atoms with E-state index in [9.17, 15) is 4.21 Å². The zero-order valence-corrected chi connectivity index (χ0v) is 27.9. The summed E-state index contributed by atoms with van der Waals surface area (Å²) in [6.07, 6.45) is 0. The Kier molecular flexibility index (Phi) is 8.04. The zero-order chi connectivity index (χ0) is 33.3. The second-order valence-electron chi connectivity index (χ2n) is 12.1. The summed E-state index contributed by atoms with van der Waals surface area (Å²) >= 11 is 0. The molecule has 1 unspecified atom stereocenters. The molecule has 0 aliphatic rings. The van der Waals surface area contributed by atoms with Gasteiger partial charge in [0.1, 0.15) is 5.75 Å². The second-order valence-corrected chi connectivity index (χ2v) is 13.5. The van der Waals surface area contributed by atoms with Gasteiger partial charge in [-0.15, -0.1) is 0 Å². The van der Waals surface area contributed by atoms with Crippen LogP contribution in [0.5, 0.6) is 5.75 Å².